The number of rotatable bonds is 4. The van der Waals surface area contributed by atoms with Crippen molar-refractivity contribution < 1.29 is 9.90 Å². The number of aromatic nitrogens is 1. The number of pyridine rings is 1. The van der Waals surface area contributed by atoms with Gasteiger partial charge in [0.25, 0.3) is 5.91 Å². The van der Waals surface area contributed by atoms with E-state index in [1.807, 2.05) is 24.4 Å². The molecule has 2 N–H and O–H groups in total. The van der Waals surface area contributed by atoms with Crippen LogP contribution in [0.2, 0.25) is 0 Å². The van der Waals surface area contributed by atoms with Crippen LogP contribution in [0.4, 0.5) is 0 Å². The summed E-state index contributed by atoms with van der Waals surface area (Å²) in [5, 5.41) is 13.5. The first-order chi connectivity index (χ1) is 10.2. The van der Waals surface area contributed by atoms with Gasteiger partial charge >= 0.3 is 0 Å². The highest BCUT2D eigenvalue weighted by atomic mass is 32.1. The molecule has 4 nitrogen and oxygen atoms in total. The number of aliphatic hydroxyl groups excluding tert-OH is 1. The van der Waals surface area contributed by atoms with E-state index in [4.69, 9.17) is 5.11 Å². The number of aryl methyl sites for hydroxylation is 1. The van der Waals surface area contributed by atoms with Gasteiger partial charge < -0.3 is 10.4 Å². The van der Waals surface area contributed by atoms with Crippen LogP contribution in [0.3, 0.4) is 0 Å². The average Bonchev–Trinajstić information content (AvgIpc) is 2.95. The molecule has 0 radical (unpaired) electrons. The second-order valence-electron chi connectivity index (χ2n) is 4.42. The monoisotopic (exact) mass is 300 g/mol. The number of nitrogens with one attached hydrogen (secondary N) is 1. The summed E-state index contributed by atoms with van der Waals surface area (Å²) >= 11 is 1.37. The van der Waals surface area contributed by atoms with Gasteiger partial charge in [0.05, 0.1) is 6.61 Å². The van der Waals surface area contributed by atoms with Crippen LogP contribution < -0.4 is 5.32 Å². The molecule has 2 aromatic rings. The van der Waals surface area contributed by atoms with Crippen molar-refractivity contribution in [2.45, 2.75) is 19.9 Å². The minimum absolute atomic E-state index is 0.0278. The number of hydrogen-bond acceptors (Lipinski definition) is 4. The van der Waals surface area contributed by atoms with Crippen LogP contribution in [-0.4, -0.2) is 22.6 Å². The Hall–Kier alpha value is -2.16. The summed E-state index contributed by atoms with van der Waals surface area (Å²) in [4.78, 5) is 16.8. The molecule has 1 amide bonds. The van der Waals surface area contributed by atoms with E-state index >= 15 is 0 Å². The molecule has 2 aromatic heterocycles. The zero-order valence-corrected chi connectivity index (χ0v) is 12.5. The minimum Gasteiger partial charge on any atom is -0.395 e. The van der Waals surface area contributed by atoms with Crippen molar-refractivity contribution in [3.63, 3.8) is 0 Å². The highest BCUT2D eigenvalue weighted by Crippen LogP contribution is 2.16. The molecule has 0 fully saturated rings. The van der Waals surface area contributed by atoms with Crippen LogP contribution in [-0.2, 0) is 6.54 Å². The van der Waals surface area contributed by atoms with Crippen LogP contribution >= 0.6 is 11.3 Å². The number of amides is 1. The summed E-state index contributed by atoms with van der Waals surface area (Å²) in [5.41, 5.74) is 2.80. The lowest BCUT2D eigenvalue weighted by Crippen LogP contribution is -2.23. The van der Waals surface area contributed by atoms with Crippen LogP contribution in [0, 0.1) is 18.8 Å². The van der Waals surface area contributed by atoms with Crippen molar-refractivity contribution in [1.29, 1.82) is 0 Å². The molecular formula is C16H16N2O2S. The van der Waals surface area contributed by atoms with Crippen molar-refractivity contribution in [1.82, 2.24) is 10.3 Å². The van der Waals surface area contributed by atoms with Gasteiger partial charge in [0.1, 0.15) is 4.88 Å². The van der Waals surface area contributed by atoms with Crippen molar-refractivity contribution >= 4 is 17.2 Å². The lowest BCUT2D eigenvalue weighted by molar-refractivity contribution is 0.0954. The molecule has 0 saturated carbocycles. The van der Waals surface area contributed by atoms with Crippen molar-refractivity contribution in [3.05, 3.63) is 51.5 Å². The van der Waals surface area contributed by atoms with Gasteiger partial charge in [-0.05, 0) is 35.6 Å². The Morgan fingerprint density at radius 2 is 2.33 bits per heavy atom. The zero-order chi connectivity index (χ0) is 15.1. The van der Waals surface area contributed by atoms with Gasteiger partial charge in [-0.15, -0.1) is 11.3 Å². The van der Waals surface area contributed by atoms with Gasteiger partial charge in [-0.1, -0.05) is 11.8 Å². The highest BCUT2D eigenvalue weighted by molar-refractivity contribution is 7.12. The van der Waals surface area contributed by atoms with Gasteiger partial charge in [-0.25, -0.2) is 0 Å². The van der Waals surface area contributed by atoms with E-state index in [0.29, 0.717) is 23.4 Å². The molecular weight excluding hydrogens is 284 g/mol. The molecule has 0 aliphatic heterocycles. The molecule has 108 valence electrons. The summed E-state index contributed by atoms with van der Waals surface area (Å²) in [5.74, 6) is 5.62. The smallest absolute Gasteiger partial charge is 0.262 e. The lowest BCUT2D eigenvalue weighted by atomic mass is 10.1. The third kappa shape index (κ3) is 4.15. The Morgan fingerprint density at radius 3 is 3.10 bits per heavy atom. The van der Waals surface area contributed by atoms with Crippen molar-refractivity contribution in [2.75, 3.05) is 6.61 Å². The molecule has 5 heteroatoms. The predicted octanol–water partition coefficient (Wildman–Crippen LogP) is 2.12. The molecule has 0 spiro atoms. The minimum atomic E-state index is -0.130. The molecule has 0 aromatic carbocycles. The summed E-state index contributed by atoms with van der Waals surface area (Å²) in [6.45, 7) is 2.46. The third-order valence-electron chi connectivity index (χ3n) is 2.91. The SMILES string of the molecule is Cc1cnccc1CNC(=O)c1sccc1C#CCCO. The first kappa shape index (κ1) is 15.2. The number of carbonyl (C=O) groups excluding carboxylic acids is 1. The second-order valence-corrected chi connectivity index (χ2v) is 5.34. The summed E-state index contributed by atoms with van der Waals surface area (Å²) in [6.07, 6.45) is 3.90. The van der Waals surface area contributed by atoms with Gasteiger partial charge in [-0.3, -0.25) is 9.78 Å². The fraction of sp³-hybridized carbons (Fsp3) is 0.250. The molecule has 2 rings (SSSR count). The second kappa shape index (κ2) is 7.58. The van der Waals surface area contributed by atoms with E-state index in [1.54, 1.807) is 12.4 Å². The fourth-order valence-electron chi connectivity index (χ4n) is 1.75. The van der Waals surface area contributed by atoms with Crippen LogP contribution in [0.15, 0.2) is 29.9 Å². The number of thiophene rings is 1. The average molecular weight is 300 g/mol. The normalized spacial score (nSPS) is 9.81. The van der Waals surface area contributed by atoms with Crippen LogP contribution in [0.5, 0.6) is 0 Å². The lowest BCUT2D eigenvalue weighted by Gasteiger charge is -2.06. The van der Waals surface area contributed by atoms with Crippen LogP contribution in [0.1, 0.15) is 32.8 Å². The van der Waals surface area contributed by atoms with E-state index < -0.39 is 0 Å². The number of carbonyl (C=O) groups is 1. The van der Waals surface area contributed by atoms with Crippen molar-refractivity contribution in [2.24, 2.45) is 0 Å². The largest absolute Gasteiger partial charge is 0.395 e. The summed E-state index contributed by atoms with van der Waals surface area (Å²) in [6, 6.07) is 3.72. The number of aliphatic hydroxyl groups is 1. The molecule has 0 bridgehead atoms. The van der Waals surface area contributed by atoms with Gasteiger partial charge in [0.2, 0.25) is 0 Å². The van der Waals surface area contributed by atoms with E-state index in [1.165, 1.54) is 11.3 Å². The Labute approximate surface area is 127 Å². The van der Waals surface area contributed by atoms with Crippen molar-refractivity contribution in [3.8, 4) is 11.8 Å². The molecule has 21 heavy (non-hydrogen) atoms. The third-order valence-corrected chi connectivity index (χ3v) is 3.82. The Bertz CT molecular complexity index is 683. The van der Waals surface area contributed by atoms with Crippen LogP contribution in [0.25, 0.3) is 0 Å². The molecule has 2 heterocycles. The molecule has 0 unspecified atom stereocenters. The maximum absolute atomic E-state index is 12.2. The zero-order valence-electron chi connectivity index (χ0n) is 11.7. The Morgan fingerprint density at radius 1 is 1.48 bits per heavy atom. The molecule has 0 aliphatic carbocycles. The number of hydrogen-bond donors (Lipinski definition) is 2. The van der Waals surface area contributed by atoms with E-state index in [9.17, 15) is 4.79 Å². The summed E-state index contributed by atoms with van der Waals surface area (Å²) in [7, 11) is 0. The topological polar surface area (TPSA) is 62.2 Å². The standard InChI is InChI=1S/C16H16N2O2S/c1-12-10-17-7-5-14(12)11-18-16(20)15-13(6-9-21-15)4-2-3-8-19/h5-7,9-10,19H,3,8,11H2,1H3,(H,18,20). The first-order valence-corrected chi connectivity index (χ1v) is 7.45. The fourth-order valence-corrected chi connectivity index (χ4v) is 2.52. The molecule has 0 aliphatic rings. The Kier molecular flexibility index (Phi) is 5.50. The van der Waals surface area contributed by atoms with Gasteiger partial charge in [0, 0.05) is 30.9 Å². The first-order valence-electron chi connectivity index (χ1n) is 6.57. The molecule has 0 saturated heterocycles. The maximum atomic E-state index is 12.2. The Balaban J connectivity index is 2.03. The van der Waals surface area contributed by atoms with E-state index in [-0.39, 0.29) is 12.5 Å². The maximum Gasteiger partial charge on any atom is 0.262 e. The van der Waals surface area contributed by atoms with Gasteiger partial charge in [-0.2, -0.15) is 0 Å². The summed E-state index contributed by atoms with van der Waals surface area (Å²) < 4.78 is 0. The quantitative estimate of drug-likeness (QED) is 0.850. The predicted molar refractivity (Wildman–Crippen MR) is 83.0 cm³/mol. The van der Waals surface area contributed by atoms with E-state index in [0.717, 1.165) is 11.1 Å². The highest BCUT2D eigenvalue weighted by Gasteiger charge is 2.11. The molecule has 0 atom stereocenters. The number of nitrogens with zero attached hydrogens (tertiary/aromatic N) is 1. The van der Waals surface area contributed by atoms with E-state index in [2.05, 4.69) is 22.1 Å². The van der Waals surface area contributed by atoms with Gasteiger partial charge in [0.15, 0.2) is 0 Å².